The second-order valence-electron chi connectivity index (χ2n) is 9.91. The molecule has 41 heavy (non-hydrogen) atoms. The maximum Gasteiger partial charge on any atom is 0.326 e. The summed E-state index contributed by atoms with van der Waals surface area (Å²) in [5.74, 6) is -4.00. The highest BCUT2D eigenvalue weighted by molar-refractivity contribution is 14.1. The van der Waals surface area contributed by atoms with E-state index in [-0.39, 0.29) is 59.3 Å². The third kappa shape index (κ3) is 5.59. The first-order valence-corrected chi connectivity index (χ1v) is 14.0. The lowest BCUT2D eigenvalue weighted by atomic mass is 9.85. The summed E-state index contributed by atoms with van der Waals surface area (Å²) in [6.07, 6.45) is 0.367. The summed E-state index contributed by atoms with van der Waals surface area (Å²) in [4.78, 5) is 66.9. The van der Waals surface area contributed by atoms with E-state index >= 15 is 0 Å². The zero-order valence-electron chi connectivity index (χ0n) is 21.9. The fourth-order valence-electron chi connectivity index (χ4n) is 5.23. The lowest BCUT2D eigenvalue weighted by Gasteiger charge is -2.32. The van der Waals surface area contributed by atoms with E-state index in [9.17, 15) is 32.8 Å². The van der Waals surface area contributed by atoms with Crippen LogP contribution < -0.4 is 10.9 Å². The second kappa shape index (κ2) is 11.3. The lowest BCUT2D eigenvalue weighted by Crippen LogP contribution is -2.40. The van der Waals surface area contributed by atoms with Crippen LogP contribution in [0.4, 0.5) is 8.78 Å². The van der Waals surface area contributed by atoms with E-state index in [4.69, 9.17) is 9.47 Å². The molecule has 3 aromatic rings. The van der Waals surface area contributed by atoms with Crippen LogP contribution >= 0.6 is 22.6 Å². The van der Waals surface area contributed by atoms with Crippen LogP contribution in [0.3, 0.4) is 0 Å². The SMILES string of the molecule is CC[C@@]1(OC(=O)CNC(=O)CCCC(=O)I)CC(=O)OCc2c1cc1n(c2=O)Cc2cc3cc(F)c(F)cc3nc2-1. The molecule has 13 heteroatoms. The van der Waals surface area contributed by atoms with Crippen LogP contribution in [0.25, 0.3) is 22.3 Å². The Hall–Kier alpha value is -3.75. The highest BCUT2D eigenvalue weighted by atomic mass is 127. The van der Waals surface area contributed by atoms with E-state index in [0.717, 1.165) is 12.1 Å². The summed E-state index contributed by atoms with van der Waals surface area (Å²) < 4.78 is 40.3. The number of carbonyl (C=O) groups is 4. The summed E-state index contributed by atoms with van der Waals surface area (Å²) in [5.41, 5.74) is -0.0583. The Morgan fingerprint density at radius 1 is 1.15 bits per heavy atom. The zero-order chi connectivity index (χ0) is 29.5. The molecule has 0 saturated heterocycles. The first-order valence-electron chi connectivity index (χ1n) is 12.9. The number of rotatable bonds is 8. The van der Waals surface area contributed by atoms with Crippen LogP contribution in [0.1, 0.15) is 55.7 Å². The molecule has 1 aromatic carbocycles. The molecule has 1 atom stereocenters. The van der Waals surface area contributed by atoms with Crippen LogP contribution in [0.2, 0.25) is 0 Å². The molecule has 2 aliphatic rings. The van der Waals surface area contributed by atoms with Crippen molar-refractivity contribution in [3.63, 3.8) is 0 Å². The summed E-state index contributed by atoms with van der Waals surface area (Å²) in [6.45, 7) is 0.991. The normalized spacial score (nSPS) is 17.2. The molecule has 5 rings (SSSR count). The smallest absolute Gasteiger partial charge is 0.326 e. The summed E-state index contributed by atoms with van der Waals surface area (Å²) in [6, 6.07) is 5.29. The van der Waals surface area contributed by atoms with Crippen molar-refractivity contribution in [2.75, 3.05) is 6.54 Å². The number of carbonyl (C=O) groups excluding carboxylic acids is 4. The Bertz CT molecular complexity index is 1690. The van der Waals surface area contributed by atoms with Gasteiger partial charge >= 0.3 is 11.9 Å². The van der Waals surface area contributed by atoms with Crippen LogP contribution in [0.15, 0.2) is 29.1 Å². The van der Waals surface area contributed by atoms with Crippen molar-refractivity contribution < 1.29 is 37.4 Å². The largest absolute Gasteiger partial charge is 0.460 e. The fourth-order valence-corrected chi connectivity index (χ4v) is 5.61. The van der Waals surface area contributed by atoms with Crippen LogP contribution in [0, 0.1) is 11.6 Å². The first kappa shape index (κ1) is 28.8. The minimum Gasteiger partial charge on any atom is -0.460 e. The summed E-state index contributed by atoms with van der Waals surface area (Å²) in [5, 5.41) is 2.83. The number of esters is 2. The fraction of sp³-hybridized carbons (Fsp3) is 0.357. The molecular formula is C28H24F2IN3O7. The molecule has 0 fully saturated rings. The van der Waals surface area contributed by atoms with Gasteiger partial charge < -0.3 is 19.4 Å². The molecule has 214 valence electrons. The van der Waals surface area contributed by atoms with Gasteiger partial charge in [0, 0.05) is 35.4 Å². The van der Waals surface area contributed by atoms with Gasteiger partial charge in [0.05, 0.1) is 35.4 Å². The molecule has 1 amide bonds. The van der Waals surface area contributed by atoms with E-state index in [0.29, 0.717) is 28.8 Å². The summed E-state index contributed by atoms with van der Waals surface area (Å²) in [7, 11) is 0. The monoisotopic (exact) mass is 679 g/mol. The van der Waals surface area contributed by atoms with Gasteiger partial charge in [-0.05, 0) is 53.6 Å². The van der Waals surface area contributed by atoms with E-state index in [2.05, 4.69) is 10.3 Å². The van der Waals surface area contributed by atoms with Gasteiger partial charge in [-0.15, -0.1) is 0 Å². The van der Waals surface area contributed by atoms with E-state index in [1.165, 1.54) is 4.57 Å². The van der Waals surface area contributed by atoms with Gasteiger partial charge in [0.1, 0.15) is 18.8 Å². The van der Waals surface area contributed by atoms with E-state index < -0.39 is 47.2 Å². The summed E-state index contributed by atoms with van der Waals surface area (Å²) >= 11 is 1.64. The number of ether oxygens (including phenoxy) is 2. The Kier molecular flexibility index (Phi) is 7.90. The maximum atomic E-state index is 13.9. The topological polar surface area (TPSA) is 134 Å². The predicted molar refractivity (Wildman–Crippen MR) is 149 cm³/mol. The highest BCUT2D eigenvalue weighted by Crippen LogP contribution is 2.41. The average Bonchev–Trinajstić information content (AvgIpc) is 3.20. The number of halogens is 3. The number of nitrogens with one attached hydrogen (secondary N) is 1. The molecule has 0 radical (unpaired) electrons. The molecule has 2 aromatic heterocycles. The number of pyridine rings is 2. The van der Waals surface area contributed by atoms with Crippen molar-refractivity contribution in [1.29, 1.82) is 0 Å². The average molecular weight is 679 g/mol. The van der Waals surface area contributed by atoms with Gasteiger partial charge in [0.15, 0.2) is 15.4 Å². The number of fused-ring (bicyclic) bond motifs is 5. The Labute approximate surface area is 245 Å². The number of benzene rings is 1. The van der Waals surface area contributed by atoms with Gasteiger partial charge in [0.25, 0.3) is 5.56 Å². The van der Waals surface area contributed by atoms with Gasteiger partial charge in [0.2, 0.25) is 5.91 Å². The van der Waals surface area contributed by atoms with E-state index in [1.54, 1.807) is 41.6 Å². The number of cyclic esters (lactones) is 1. The molecule has 1 N–H and O–H groups in total. The third-order valence-corrected chi connectivity index (χ3v) is 7.83. The zero-order valence-corrected chi connectivity index (χ0v) is 24.0. The second-order valence-corrected chi connectivity index (χ2v) is 11.1. The van der Waals surface area contributed by atoms with Gasteiger partial charge in [-0.3, -0.25) is 24.0 Å². The van der Waals surface area contributed by atoms with Crippen molar-refractivity contribution in [2.45, 2.75) is 57.8 Å². The lowest BCUT2D eigenvalue weighted by molar-refractivity contribution is -0.167. The molecule has 0 unspecified atom stereocenters. The van der Waals surface area contributed by atoms with Crippen molar-refractivity contribution >= 4 is 55.1 Å². The van der Waals surface area contributed by atoms with Crippen molar-refractivity contribution in [1.82, 2.24) is 14.9 Å². The number of hydrogen-bond acceptors (Lipinski definition) is 8. The molecule has 2 aliphatic heterocycles. The molecule has 0 spiro atoms. The Balaban J connectivity index is 1.50. The van der Waals surface area contributed by atoms with Crippen LogP contribution in [-0.4, -0.2) is 37.7 Å². The quantitative estimate of drug-likeness (QED) is 0.170. The third-order valence-electron chi connectivity index (χ3n) is 7.29. The maximum absolute atomic E-state index is 13.9. The number of hydrogen-bond donors (Lipinski definition) is 1. The minimum absolute atomic E-state index is 0.0522. The molecule has 10 nitrogen and oxygen atoms in total. The first-order chi connectivity index (χ1) is 19.5. The van der Waals surface area contributed by atoms with Gasteiger partial charge in [-0.2, -0.15) is 0 Å². The number of amides is 1. The predicted octanol–water partition coefficient (Wildman–Crippen LogP) is 3.55. The van der Waals surface area contributed by atoms with Gasteiger partial charge in [-0.25, -0.2) is 13.8 Å². The highest BCUT2D eigenvalue weighted by Gasteiger charge is 2.44. The standard InChI is InChI=1S/C28H24F2IN3O7/c1-2-28(41-25(38)11-32-23(36)5-3-4-22(31)35)10-24(37)40-13-16-17(28)8-21-26-15(12-34(21)27(16)39)6-14-7-18(29)19(30)9-20(14)33-26/h6-9H,2-5,10-13H2,1H3,(H,32,36)/t28-/m1/s1. The number of nitrogens with zero attached hydrogens (tertiary/aromatic N) is 2. The molecule has 0 saturated carbocycles. The molecule has 4 heterocycles. The van der Waals surface area contributed by atoms with Crippen LogP contribution in [0.5, 0.6) is 0 Å². The Morgan fingerprint density at radius 2 is 1.90 bits per heavy atom. The Morgan fingerprint density at radius 3 is 2.63 bits per heavy atom. The molecule has 0 bridgehead atoms. The van der Waals surface area contributed by atoms with Crippen molar-refractivity contribution in [3.05, 3.63) is 62.9 Å². The van der Waals surface area contributed by atoms with Crippen molar-refractivity contribution in [2.24, 2.45) is 0 Å². The molecular weight excluding hydrogens is 655 g/mol. The van der Waals surface area contributed by atoms with Crippen LogP contribution in [-0.2, 0) is 47.4 Å². The van der Waals surface area contributed by atoms with E-state index in [1.807, 2.05) is 0 Å². The van der Waals surface area contributed by atoms with Gasteiger partial charge in [-0.1, -0.05) is 6.92 Å². The minimum atomic E-state index is -1.57. The number of aromatic nitrogens is 2. The van der Waals surface area contributed by atoms with Crippen molar-refractivity contribution in [3.8, 4) is 11.4 Å². The molecule has 0 aliphatic carbocycles.